The highest BCUT2D eigenvalue weighted by molar-refractivity contribution is 6.13. The van der Waals surface area contributed by atoms with Gasteiger partial charge in [0.05, 0.1) is 0 Å². The number of hydrogen-bond acceptors (Lipinski definition) is 7. The van der Waals surface area contributed by atoms with Crippen LogP contribution >= 0.6 is 0 Å². The first kappa shape index (κ1) is 22.9. The van der Waals surface area contributed by atoms with Gasteiger partial charge in [-0.25, -0.2) is 9.59 Å². The molecule has 1 fully saturated rings. The molecule has 1 aromatic heterocycles. The quantitative estimate of drug-likeness (QED) is 0.196. The molecule has 4 rings (SSSR count). The summed E-state index contributed by atoms with van der Waals surface area (Å²) in [7, 11) is 0. The molecular weight excluding hydrogens is 434 g/mol. The minimum absolute atomic E-state index is 0.0179. The number of aryl methyl sites for hydroxylation is 1. The lowest BCUT2D eigenvalue weighted by atomic mass is 9.96. The topological polar surface area (TPSA) is 122 Å². The van der Waals surface area contributed by atoms with Crippen molar-refractivity contribution in [1.29, 1.82) is 5.26 Å². The van der Waals surface area contributed by atoms with Gasteiger partial charge < -0.3 is 9.73 Å². The van der Waals surface area contributed by atoms with Crippen molar-refractivity contribution in [2.45, 2.75) is 45.1 Å². The molecule has 0 saturated heterocycles. The van der Waals surface area contributed by atoms with E-state index in [1.165, 1.54) is 12.1 Å². The predicted molar refractivity (Wildman–Crippen MR) is 126 cm³/mol. The number of benzene rings is 2. The Morgan fingerprint density at radius 1 is 1.09 bits per heavy atom. The molecule has 8 nitrogen and oxygen atoms in total. The predicted octanol–water partition coefficient (Wildman–Crippen LogP) is 4.62. The first-order chi connectivity index (χ1) is 16.5. The summed E-state index contributed by atoms with van der Waals surface area (Å²) >= 11 is 0. The van der Waals surface area contributed by atoms with Crippen molar-refractivity contribution >= 4 is 28.6 Å². The fourth-order valence-corrected chi connectivity index (χ4v) is 4.06. The number of amides is 1. The van der Waals surface area contributed by atoms with E-state index in [-0.39, 0.29) is 28.7 Å². The van der Waals surface area contributed by atoms with Gasteiger partial charge >= 0.3 is 11.7 Å². The maximum Gasteiger partial charge on any atom is 0.433 e. The molecule has 0 radical (unpaired) electrons. The lowest BCUT2D eigenvalue weighted by Gasteiger charge is -2.21. The van der Waals surface area contributed by atoms with Crippen LogP contribution in [0.2, 0.25) is 0 Å². The Hall–Kier alpha value is -4.25. The van der Waals surface area contributed by atoms with Crippen LogP contribution in [0.15, 0.2) is 62.9 Å². The lowest BCUT2D eigenvalue weighted by molar-refractivity contribution is 0.103. The first-order valence-electron chi connectivity index (χ1n) is 11.1. The largest absolute Gasteiger partial charge is 0.433 e. The molecule has 1 N–H and O–H groups in total. The number of nitrogens with zero attached hydrogens (tertiary/aromatic N) is 2. The summed E-state index contributed by atoms with van der Waals surface area (Å²) < 4.78 is 5.37. The Bertz CT molecular complexity index is 1380. The second-order valence-corrected chi connectivity index (χ2v) is 8.25. The van der Waals surface area contributed by atoms with Crippen molar-refractivity contribution in [3.05, 3.63) is 81.2 Å². The fourth-order valence-electron chi connectivity index (χ4n) is 4.06. The van der Waals surface area contributed by atoms with E-state index in [0.717, 1.165) is 37.7 Å². The SMILES string of the molecule is Cc1ccccc1C(=O)c1ccc2cc(/C(C#N)=N/OC(=O)NC3CCCCC3)c(=O)oc2c1. The van der Waals surface area contributed by atoms with E-state index in [1.807, 2.05) is 19.1 Å². The molecule has 34 heavy (non-hydrogen) atoms. The van der Waals surface area contributed by atoms with Crippen LogP contribution in [0, 0.1) is 18.3 Å². The van der Waals surface area contributed by atoms with Gasteiger partial charge in [0.2, 0.25) is 0 Å². The zero-order chi connectivity index (χ0) is 24.1. The third-order valence-electron chi connectivity index (χ3n) is 5.90. The van der Waals surface area contributed by atoms with Crippen molar-refractivity contribution < 1.29 is 18.8 Å². The maximum atomic E-state index is 12.9. The van der Waals surface area contributed by atoms with E-state index in [0.29, 0.717) is 16.5 Å². The normalized spacial score (nSPS) is 14.4. The molecule has 1 saturated carbocycles. The molecule has 1 heterocycles. The number of fused-ring (bicyclic) bond motifs is 1. The average molecular weight is 457 g/mol. The van der Waals surface area contributed by atoms with E-state index < -0.39 is 11.7 Å². The van der Waals surface area contributed by atoms with Gasteiger partial charge in [-0.1, -0.05) is 60.8 Å². The molecule has 1 amide bonds. The van der Waals surface area contributed by atoms with Crippen LogP contribution in [0.25, 0.3) is 11.0 Å². The molecule has 0 atom stereocenters. The number of nitriles is 1. The van der Waals surface area contributed by atoms with Gasteiger partial charge in [-0.05, 0) is 37.5 Å². The van der Waals surface area contributed by atoms with Crippen LogP contribution in [0.3, 0.4) is 0 Å². The summed E-state index contributed by atoms with van der Waals surface area (Å²) in [6.07, 6.45) is 4.17. The van der Waals surface area contributed by atoms with Gasteiger partial charge in [0.1, 0.15) is 17.2 Å². The van der Waals surface area contributed by atoms with Gasteiger partial charge in [-0.15, -0.1) is 0 Å². The molecule has 0 bridgehead atoms. The lowest BCUT2D eigenvalue weighted by Crippen LogP contribution is -2.36. The molecule has 0 spiro atoms. The smallest absolute Gasteiger partial charge is 0.422 e. The Morgan fingerprint density at radius 2 is 1.85 bits per heavy atom. The van der Waals surface area contributed by atoms with E-state index in [1.54, 1.807) is 30.3 Å². The van der Waals surface area contributed by atoms with Crippen LogP contribution in [0.4, 0.5) is 4.79 Å². The Labute approximate surface area is 195 Å². The van der Waals surface area contributed by atoms with Crippen LogP contribution in [0.1, 0.15) is 59.2 Å². The minimum atomic E-state index is -0.829. The number of rotatable bonds is 5. The first-order valence-corrected chi connectivity index (χ1v) is 11.1. The van der Waals surface area contributed by atoms with Crippen molar-refractivity contribution in [2.75, 3.05) is 0 Å². The third kappa shape index (κ3) is 5.04. The highest BCUT2D eigenvalue weighted by Gasteiger charge is 2.19. The van der Waals surface area contributed by atoms with Crippen LogP contribution in [0.5, 0.6) is 0 Å². The number of carbonyl (C=O) groups excluding carboxylic acids is 2. The summed E-state index contributed by atoms with van der Waals surface area (Å²) in [5, 5.41) is 16.2. The summed E-state index contributed by atoms with van der Waals surface area (Å²) in [5.41, 5.74) is 0.615. The Balaban J connectivity index is 1.56. The summed E-state index contributed by atoms with van der Waals surface area (Å²) in [4.78, 5) is 42.3. The van der Waals surface area contributed by atoms with Gasteiger partial charge in [0.15, 0.2) is 11.5 Å². The minimum Gasteiger partial charge on any atom is -0.422 e. The number of hydrogen-bond donors (Lipinski definition) is 1. The highest BCUT2D eigenvalue weighted by Crippen LogP contribution is 2.20. The summed E-state index contributed by atoms with van der Waals surface area (Å²) in [6, 6.07) is 15.2. The second-order valence-electron chi connectivity index (χ2n) is 8.25. The Kier molecular flexibility index (Phi) is 6.83. The molecular formula is C26H23N3O5. The molecule has 0 aliphatic heterocycles. The zero-order valence-corrected chi connectivity index (χ0v) is 18.7. The number of ketones is 1. The summed E-state index contributed by atoms with van der Waals surface area (Å²) in [5.74, 6) is -0.191. The molecule has 172 valence electrons. The van der Waals surface area contributed by atoms with E-state index >= 15 is 0 Å². The highest BCUT2D eigenvalue weighted by atomic mass is 16.7. The maximum absolute atomic E-state index is 12.9. The average Bonchev–Trinajstić information content (AvgIpc) is 2.84. The number of carbonyl (C=O) groups is 2. The van der Waals surface area contributed by atoms with Crippen LogP contribution < -0.4 is 10.9 Å². The van der Waals surface area contributed by atoms with Crippen molar-refractivity contribution in [3.8, 4) is 6.07 Å². The number of nitrogens with one attached hydrogen (secondary N) is 1. The van der Waals surface area contributed by atoms with Crippen LogP contribution in [-0.4, -0.2) is 23.6 Å². The van der Waals surface area contributed by atoms with Gasteiger partial charge in [-0.3, -0.25) is 9.63 Å². The standard InChI is InChI=1S/C26H23N3O5/c1-16-7-5-6-10-20(16)24(30)18-12-11-17-13-21(25(31)33-23(17)14-18)22(15-27)29-34-26(32)28-19-8-3-2-4-9-19/h5-7,10-14,19H,2-4,8-9H2,1H3,(H,28,32)/b29-22+. The van der Waals surface area contributed by atoms with E-state index in [2.05, 4.69) is 10.5 Å². The van der Waals surface area contributed by atoms with Gasteiger partial charge in [0, 0.05) is 22.6 Å². The molecule has 2 aromatic carbocycles. The van der Waals surface area contributed by atoms with Crippen molar-refractivity contribution in [2.24, 2.45) is 5.16 Å². The summed E-state index contributed by atoms with van der Waals surface area (Å²) in [6.45, 7) is 1.85. The van der Waals surface area contributed by atoms with E-state index in [9.17, 15) is 19.6 Å². The monoisotopic (exact) mass is 457 g/mol. The third-order valence-corrected chi connectivity index (χ3v) is 5.90. The van der Waals surface area contributed by atoms with Crippen molar-refractivity contribution in [1.82, 2.24) is 5.32 Å². The van der Waals surface area contributed by atoms with Gasteiger partial charge in [0.25, 0.3) is 0 Å². The molecule has 3 aromatic rings. The van der Waals surface area contributed by atoms with Crippen molar-refractivity contribution in [3.63, 3.8) is 0 Å². The fraction of sp³-hybridized carbons (Fsp3) is 0.269. The van der Waals surface area contributed by atoms with Crippen LogP contribution in [-0.2, 0) is 4.84 Å². The zero-order valence-electron chi connectivity index (χ0n) is 18.7. The number of oxime groups is 1. The van der Waals surface area contributed by atoms with Gasteiger partial charge in [-0.2, -0.15) is 5.26 Å². The molecule has 1 aliphatic rings. The Morgan fingerprint density at radius 3 is 2.59 bits per heavy atom. The molecule has 0 unspecified atom stereocenters. The molecule has 8 heteroatoms. The second kappa shape index (κ2) is 10.1. The van der Waals surface area contributed by atoms with E-state index in [4.69, 9.17) is 9.25 Å². The molecule has 1 aliphatic carbocycles.